The molecule has 4 rings (SSSR count). The number of aromatic nitrogens is 3. The second kappa shape index (κ2) is 5.16. The van der Waals surface area contributed by atoms with E-state index in [1.54, 1.807) is 0 Å². The minimum Gasteiger partial charge on any atom is -0.339 e. The second-order valence-electron chi connectivity index (χ2n) is 7.20. The van der Waals surface area contributed by atoms with Gasteiger partial charge in [0, 0.05) is 22.8 Å². The molecule has 0 radical (unpaired) electrons. The first-order valence-electron chi connectivity index (χ1n) is 8.19. The molecular weight excluding hydrogens is 298 g/mol. The van der Waals surface area contributed by atoms with Crippen LogP contribution in [0, 0.1) is 6.92 Å². The quantitative estimate of drug-likeness (QED) is 0.741. The number of hydrogen-bond donors (Lipinski definition) is 1. The summed E-state index contributed by atoms with van der Waals surface area (Å²) in [5.74, 6) is 0.839. The lowest BCUT2D eigenvalue weighted by Gasteiger charge is -2.20. The van der Waals surface area contributed by atoms with Crippen LogP contribution in [0.15, 0.2) is 41.5 Å². The third-order valence-electron chi connectivity index (χ3n) is 4.29. The van der Waals surface area contributed by atoms with Crippen LogP contribution in [0.1, 0.15) is 37.7 Å². The van der Waals surface area contributed by atoms with E-state index < -0.39 is 0 Å². The molecule has 0 spiro atoms. The van der Waals surface area contributed by atoms with E-state index in [0.717, 1.165) is 39.4 Å². The highest BCUT2D eigenvalue weighted by atomic mass is 15.3. The summed E-state index contributed by atoms with van der Waals surface area (Å²) in [7, 11) is 0. The van der Waals surface area contributed by atoms with Gasteiger partial charge in [-0.2, -0.15) is 5.10 Å². The summed E-state index contributed by atoms with van der Waals surface area (Å²) in [4.78, 5) is 9.01. The smallest absolute Gasteiger partial charge is 0.152 e. The van der Waals surface area contributed by atoms with Gasteiger partial charge in [-0.3, -0.25) is 14.7 Å². The normalized spacial score (nSPS) is 13.9. The SMILES string of the molecule is Cc1nn(C(C)(C)C)c2ccc(NC3=NCc4cccnc43)cc12. The number of benzene rings is 1. The molecule has 0 unspecified atom stereocenters. The predicted octanol–water partition coefficient (Wildman–Crippen LogP) is 3.87. The summed E-state index contributed by atoms with van der Waals surface area (Å²) < 4.78 is 2.09. The van der Waals surface area contributed by atoms with E-state index in [1.807, 2.05) is 12.3 Å². The first-order valence-corrected chi connectivity index (χ1v) is 8.19. The van der Waals surface area contributed by atoms with Gasteiger partial charge in [0.1, 0.15) is 5.69 Å². The van der Waals surface area contributed by atoms with Crippen LogP contribution >= 0.6 is 0 Å². The van der Waals surface area contributed by atoms with Gasteiger partial charge in [0.2, 0.25) is 0 Å². The van der Waals surface area contributed by atoms with Crippen molar-refractivity contribution in [1.29, 1.82) is 0 Å². The number of amidine groups is 1. The van der Waals surface area contributed by atoms with Crippen molar-refractivity contribution in [2.45, 2.75) is 39.8 Å². The molecule has 3 heterocycles. The first kappa shape index (κ1) is 14.9. The molecule has 0 amide bonds. The fraction of sp³-hybridized carbons (Fsp3) is 0.316. The standard InChI is InChI=1S/C19H21N5/c1-12-15-10-14(7-8-16(15)24(23-12)19(2,3)4)22-18-17-13(11-21-18)6-5-9-20-17/h5-10H,11H2,1-4H3,(H,21,22). The molecule has 0 saturated heterocycles. The Bertz CT molecular complexity index is 960. The molecule has 3 aromatic rings. The van der Waals surface area contributed by atoms with Crippen molar-refractivity contribution in [3.8, 4) is 0 Å². The van der Waals surface area contributed by atoms with Crippen LogP contribution in [0.25, 0.3) is 10.9 Å². The maximum absolute atomic E-state index is 4.72. The number of rotatable bonds is 1. The lowest BCUT2D eigenvalue weighted by Crippen LogP contribution is -2.23. The van der Waals surface area contributed by atoms with Gasteiger partial charge in [0.05, 0.1) is 23.3 Å². The van der Waals surface area contributed by atoms with E-state index in [4.69, 9.17) is 5.10 Å². The third-order valence-corrected chi connectivity index (χ3v) is 4.29. The molecule has 1 N–H and O–H groups in total. The largest absolute Gasteiger partial charge is 0.339 e. The van der Waals surface area contributed by atoms with Crippen molar-refractivity contribution in [3.05, 3.63) is 53.5 Å². The second-order valence-corrected chi connectivity index (χ2v) is 7.20. The average Bonchev–Trinajstić information content (AvgIpc) is 3.09. The van der Waals surface area contributed by atoms with Gasteiger partial charge < -0.3 is 5.32 Å². The molecule has 5 heteroatoms. The molecule has 0 bridgehead atoms. The van der Waals surface area contributed by atoms with E-state index >= 15 is 0 Å². The van der Waals surface area contributed by atoms with Crippen LogP contribution in [0.5, 0.6) is 0 Å². The average molecular weight is 319 g/mol. The monoisotopic (exact) mass is 319 g/mol. The molecule has 0 saturated carbocycles. The highest BCUT2D eigenvalue weighted by Crippen LogP contribution is 2.28. The highest BCUT2D eigenvalue weighted by Gasteiger charge is 2.20. The number of anilines is 1. The van der Waals surface area contributed by atoms with Crippen molar-refractivity contribution in [3.63, 3.8) is 0 Å². The molecule has 5 nitrogen and oxygen atoms in total. The number of nitrogens with zero attached hydrogens (tertiary/aromatic N) is 4. The van der Waals surface area contributed by atoms with Gasteiger partial charge in [-0.15, -0.1) is 0 Å². The lowest BCUT2D eigenvalue weighted by atomic mass is 10.1. The number of hydrogen-bond acceptors (Lipinski definition) is 4. The number of nitrogens with one attached hydrogen (secondary N) is 1. The van der Waals surface area contributed by atoms with Crippen molar-refractivity contribution < 1.29 is 0 Å². The Balaban J connectivity index is 1.71. The van der Waals surface area contributed by atoms with Gasteiger partial charge in [0.25, 0.3) is 0 Å². The number of pyridine rings is 1. The Kier molecular flexibility index (Phi) is 3.20. The summed E-state index contributed by atoms with van der Waals surface area (Å²) >= 11 is 0. The van der Waals surface area contributed by atoms with Crippen LogP contribution in [-0.4, -0.2) is 20.6 Å². The van der Waals surface area contributed by atoms with Gasteiger partial charge in [-0.05, 0) is 52.0 Å². The van der Waals surface area contributed by atoms with E-state index in [1.165, 1.54) is 0 Å². The Morgan fingerprint density at radius 3 is 2.79 bits per heavy atom. The Morgan fingerprint density at radius 1 is 1.17 bits per heavy atom. The summed E-state index contributed by atoms with van der Waals surface area (Å²) in [6.07, 6.45) is 1.81. The Labute approximate surface area is 141 Å². The minimum absolute atomic E-state index is 0.0418. The zero-order chi connectivity index (χ0) is 16.9. The van der Waals surface area contributed by atoms with Crippen LogP contribution < -0.4 is 5.32 Å². The number of aryl methyl sites for hydroxylation is 1. The summed E-state index contributed by atoms with van der Waals surface area (Å²) in [5, 5.41) is 9.29. The topological polar surface area (TPSA) is 55.1 Å². The third kappa shape index (κ3) is 2.37. The first-order chi connectivity index (χ1) is 11.4. The van der Waals surface area contributed by atoms with E-state index in [0.29, 0.717) is 6.54 Å². The molecule has 0 aliphatic carbocycles. The molecule has 122 valence electrons. The van der Waals surface area contributed by atoms with E-state index in [2.05, 4.69) is 71.9 Å². The highest BCUT2D eigenvalue weighted by molar-refractivity contribution is 6.09. The Hall–Kier alpha value is -2.69. The van der Waals surface area contributed by atoms with E-state index in [-0.39, 0.29) is 5.54 Å². The van der Waals surface area contributed by atoms with Gasteiger partial charge >= 0.3 is 0 Å². The summed E-state index contributed by atoms with van der Waals surface area (Å²) in [6.45, 7) is 9.25. The van der Waals surface area contributed by atoms with Crippen LogP contribution in [-0.2, 0) is 12.1 Å². The molecule has 1 aliphatic heterocycles. The maximum atomic E-state index is 4.72. The fourth-order valence-electron chi connectivity index (χ4n) is 3.11. The Morgan fingerprint density at radius 2 is 2.00 bits per heavy atom. The fourth-order valence-corrected chi connectivity index (χ4v) is 3.11. The lowest BCUT2D eigenvalue weighted by molar-refractivity contribution is 0.366. The summed E-state index contributed by atoms with van der Waals surface area (Å²) in [5.41, 5.74) is 5.27. The predicted molar refractivity (Wildman–Crippen MR) is 97.6 cm³/mol. The molecule has 2 aromatic heterocycles. The molecule has 1 aliphatic rings. The van der Waals surface area contributed by atoms with Crippen molar-refractivity contribution in [1.82, 2.24) is 14.8 Å². The van der Waals surface area contributed by atoms with Crippen molar-refractivity contribution in [2.24, 2.45) is 4.99 Å². The molecular formula is C19H21N5. The number of fused-ring (bicyclic) bond motifs is 2. The van der Waals surface area contributed by atoms with Crippen molar-refractivity contribution >= 4 is 22.4 Å². The minimum atomic E-state index is -0.0418. The van der Waals surface area contributed by atoms with E-state index in [9.17, 15) is 0 Å². The molecule has 24 heavy (non-hydrogen) atoms. The molecule has 0 atom stereocenters. The summed E-state index contributed by atoms with van der Waals surface area (Å²) in [6, 6.07) is 10.4. The van der Waals surface area contributed by atoms with Crippen molar-refractivity contribution in [2.75, 3.05) is 5.32 Å². The molecule has 0 fully saturated rings. The van der Waals surface area contributed by atoms with Crippen LogP contribution in [0.2, 0.25) is 0 Å². The number of aliphatic imine (C=N–C) groups is 1. The van der Waals surface area contributed by atoms with Crippen LogP contribution in [0.3, 0.4) is 0 Å². The van der Waals surface area contributed by atoms with Gasteiger partial charge in [-0.1, -0.05) is 6.07 Å². The van der Waals surface area contributed by atoms with Gasteiger partial charge in [-0.25, -0.2) is 0 Å². The van der Waals surface area contributed by atoms with Crippen LogP contribution in [0.4, 0.5) is 5.69 Å². The molecule has 1 aromatic carbocycles. The maximum Gasteiger partial charge on any atom is 0.152 e. The zero-order valence-electron chi connectivity index (χ0n) is 14.5. The van der Waals surface area contributed by atoms with Gasteiger partial charge in [0.15, 0.2) is 5.84 Å². The zero-order valence-corrected chi connectivity index (χ0v) is 14.5.